The molecule has 2 bridgehead atoms. The highest BCUT2D eigenvalue weighted by Gasteiger charge is 2.52. The lowest BCUT2D eigenvalue weighted by molar-refractivity contribution is -0.150. The lowest BCUT2D eigenvalue weighted by Gasteiger charge is -2.38. The summed E-state index contributed by atoms with van der Waals surface area (Å²) in [6.07, 6.45) is 5.92. The predicted octanol–water partition coefficient (Wildman–Crippen LogP) is 2.79. The largest absolute Gasteiger partial charge is 0.463 e. The number of allylic oxidation sites excluding steroid dienone is 2. The quantitative estimate of drug-likeness (QED) is 0.515. The average Bonchev–Trinajstić information content (AvgIpc) is 2.58. The first-order valence-corrected chi connectivity index (χ1v) is 5.78. The highest BCUT2D eigenvalue weighted by molar-refractivity contribution is 5.66. The van der Waals surface area contributed by atoms with Gasteiger partial charge in [-0.3, -0.25) is 4.79 Å². The van der Waals surface area contributed by atoms with E-state index < -0.39 is 0 Å². The molecule has 1 saturated carbocycles. The van der Waals surface area contributed by atoms with Crippen LogP contribution in [0.5, 0.6) is 0 Å². The highest BCUT2D eigenvalue weighted by atomic mass is 16.5. The van der Waals surface area contributed by atoms with Gasteiger partial charge in [-0.2, -0.15) is 0 Å². The van der Waals surface area contributed by atoms with Crippen LogP contribution in [0, 0.1) is 23.2 Å². The van der Waals surface area contributed by atoms with Crippen molar-refractivity contribution in [1.82, 2.24) is 0 Å². The molecule has 2 aliphatic rings. The number of rotatable bonds is 2. The Labute approximate surface area is 91.7 Å². The molecule has 1 fully saturated rings. The third kappa shape index (κ3) is 1.60. The van der Waals surface area contributed by atoms with Gasteiger partial charge in [0.05, 0.1) is 0 Å². The molecule has 0 radical (unpaired) electrons. The second kappa shape index (κ2) is 3.36. The van der Waals surface area contributed by atoms with Crippen molar-refractivity contribution in [2.24, 2.45) is 23.2 Å². The van der Waals surface area contributed by atoms with Gasteiger partial charge in [0.25, 0.3) is 0 Å². The zero-order valence-corrected chi connectivity index (χ0v) is 9.99. The number of carbonyl (C=O) groups excluding carboxylic acids is 1. The van der Waals surface area contributed by atoms with Gasteiger partial charge in [-0.25, -0.2) is 0 Å². The van der Waals surface area contributed by atoms with Gasteiger partial charge < -0.3 is 4.74 Å². The van der Waals surface area contributed by atoms with E-state index in [0.717, 1.165) is 0 Å². The number of hydrogen-bond donors (Lipinski definition) is 0. The summed E-state index contributed by atoms with van der Waals surface area (Å²) in [4.78, 5) is 11.0. The summed E-state index contributed by atoms with van der Waals surface area (Å²) in [5, 5.41) is 0. The van der Waals surface area contributed by atoms with Gasteiger partial charge in [-0.1, -0.05) is 26.0 Å². The van der Waals surface area contributed by atoms with Crippen molar-refractivity contribution < 1.29 is 9.53 Å². The Balaban J connectivity index is 2.15. The van der Waals surface area contributed by atoms with E-state index in [2.05, 4.69) is 26.0 Å². The minimum atomic E-state index is -0.162. The molecule has 0 aliphatic heterocycles. The first kappa shape index (κ1) is 10.7. The van der Waals surface area contributed by atoms with Crippen molar-refractivity contribution in [2.75, 3.05) is 0 Å². The van der Waals surface area contributed by atoms with Crippen molar-refractivity contribution in [3.63, 3.8) is 0 Å². The van der Waals surface area contributed by atoms with Crippen molar-refractivity contribution in [3.8, 4) is 0 Å². The van der Waals surface area contributed by atoms with E-state index in [1.807, 2.05) is 6.92 Å². The molecule has 2 rings (SSSR count). The Hall–Kier alpha value is -0.790. The molecule has 0 amide bonds. The first-order valence-electron chi connectivity index (χ1n) is 5.78. The van der Waals surface area contributed by atoms with Crippen LogP contribution < -0.4 is 0 Å². The molecule has 4 unspecified atom stereocenters. The summed E-state index contributed by atoms with van der Waals surface area (Å²) < 4.78 is 5.35. The van der Waals surface area contributed by atoms with Crippen molar-refractivity contribution >= 4 is 5.97 Å². The molecule has 0 N–H and O–H groups in total. The lowest BCUT2D eigenvalue weighted by Crippen LogP contribution is -2.37. The summed E-state index contributed by atoms with van der Waals surface area (Å²) >= 11 is 0. The number of fused-ring (bicyclic) bond motifs is 2. The summed E-state index contributed by atoms with van der Waals surface area (Å²) in [7, 11) is 0. The van der Waals surface area contributed by atoms with Crippen LogP contribution in [0.4, 0.5) is 0 Å². The van der Waals surface area contributed by atoms with E-state index >= 15 is 0 Å². The Morgan fingerprint density at radius 3 is 2.60 bits per heavy atom. The Kier molecular flexibility index (Phi) is 2.40. The number of esters is 1. The van der Waals surface area contributed by atoms with E-state index in [4.69, 9.17) is 4.74 Å². The smallest absolute Gasteiger partial charge is 0.302 e. The van der Waals surface area contributed by atoms with Crippen LogP contribution >= 0.6 is 0 Å². The van der Waals surface area contributed by atoms with Crippen LogP contribution in [0.15, 0.2) is 12.2 Å². The molecule has 15 heavy (non-hydrogen) atoms. The van der Waals surface area contributed by atoms with Gasteiger partial charge in [0, 0.05) is 12.8 Å². The van der Waals surface area contributed by atoms with Gasteiger partial charge in [0.1, 0.15) is 6.10 Å². The van der Waals surface area contributed by atoms with Gasteiger partial charge >= 0.3 is 5.97 Å². The molecule has 0 heterocycles. The van der Waals surface area contributed by atoms with E-state index in [0.29, 0.717) is 17.8 Å². The number of carbonyl (C=O) groups is 1. The maximum atomic E-state index is 11.0. The fraction of sp³-hybridized carbons (Fsp3) is 0.769. The van der Waals surface area contributed by atoms with Crippen LogP contribution in [-0.4, -0.2) is 12.1 Å². The average molecular weight is 208 g/mol. The molecule has 84 valence electrons. The molecule has 2 heteroatoms. The topological polar surface area (TPSA) is 26.3 Å². The third-order valence-electron chi connectivity index (χ3n) is 4.25. The highest BCUT2D eigenvalue weighted by Crippen LogP contribution is 2.57. The van der Waals surface area contributed by atoms with E-state index in [-0.39, 0.29) is 17.5 Å². The SMILES string of the molecule is CC(=O)OC(C)C1C2C=CC(C2)C1(C)C. The lowest BCUT2D eigenvalue weighted by atomic mass is 9.69. The molecule has 0 spiro atoms. The molecule has 4 atom stereocenters. The molecule has 0 saturated heterocycles. The van der Waals surface area contributed by atoms with E-state index in [9.17, 15) is 4.79 Å². The molecular weight excluding hydrogens is 188 g/mol. The van der Waals surface area contributed by atoms with Gasteiger partial charge in [0.15, 0.2) is 0 Å². The standard InChI is InChI=1S/C13H20O2/c1-8(15-9(2)14)12-10-5-6-11(7-10)13(12,3)4/h5-6,8,10-12H,7H2,1-4H3. The predicted molar refractivity (Wildman–Crippen MR) is 59.2 cm³/mol. The van der Waals surface area contributed by atoms with Crippen LogP contribution in [0.25, 0.3) is 0 Å². The first-order chi connectivity index (χ1) is 6.93. The van der Waals surface area contributed by atoms with Gasteiger partial charge in [-0.15, -0.1) is 0 Å². The zero-order valence-electron chi connectivity index (χ0n) is 9.99. The Bertz CT molecular complexity index is 304. The maximum absolute atomic E-state index is 11.0. The van der Waals surface area contributed by atoms with E-state index in [1.165, 1.54) is 13.3 Å². The molecular formula is C13H20O2. The van der Waals surface area contributed by atoms with E-state index in [1.54, 1.807) is 0 Å². The second-order valence-corrected chi connectivity index (χ2v) is 5.55. The third-order valence-corrected chi connectivity index (χ3v) is 4.25. The fourth-order valence-electron chi connectivity index (χ4n) is 3.63. The molecule has 0 aromatic rings. The van der Waals surface area contributed by atoms with Crippen LogP contribution in [0.1, 0.15) is 34.1 Å². The van der Waals surface area contributed by atoms with Crippen molar-refractivity contribution in [2.45, 2.75) is 40.2 Å². The zero-order chi connectivity index (χ0) is 11.2. The van der Waals surface area contributed by atoms with Crippen LogP contribution in [-0.2, 0) is 9.53 Å². The fourth-order valence-corrected chi connectivity index (χ4v) is 3.63. The summed E-state index contributed by atoms with van der Waals surface area (Å²) in [5.41, 5.74) is 0.272. The van der Waals surface area contributed by atoms with Crippen molar-refractivity contribution in [1.29, 1.82) is 0 Å². The monoisotopic (exact) mass is 208 g/mol. The molecule has 0 aromatic heterocycles. The van der Waals surface area contributed by atoms with Gasteiger partial charge in [-0.05, 0) is 30.6 Å². The van der Waals surface area contributed by atoms with Crippen molar-refractivity contribution in [3.05, 3.63) is 12.2 Å². The maximum Gasteiger partial charge on any atom is 0.302 e. The molecule has 2 aliphatic carbocycles. The van der Waals surface area contributed by atoms with Gasteiger partial charge in [0.2, 0.25) is 0 Å². The minimum absolute atomic E-state index is 0.0393. The Morgan fingerprint density at radius 1 is 1.47 bits per heavy atom. The normalized spacial score (nSPS) is 38.0. The summed E-state index contributed by atoms with van der Waals surface area (Å²) in [6.45, 7) is 8.12. The molecule has 0 aromatic carbocycles. The summed E-state index contributed by atoms with van der Waals surface area (Å²) in [5.74, 6) is 1.60. The molecule has 2 nitrogen and oxygen atoms in total. The number of hydrogen-bond acceptors (Lipinski definition) is 2. The van der Waals surface area contributed by atoms with Crippen LogP contribution in [0.2, 0.25) is 0 Å². The van der Waals surface area contributed by atoms with Crippen LogP contribution in [0.3, 0.4) is 0 Å². The number of ether oxygens (including phenoxy) is 1. The summed E-state index contributed by atoms with van der Waals surface area (Å²) in [6, 6.07) is 0. The minimum Gasteiger partial charge on any atom is -0.463 e. The Morgan fingerprint density at radius 2 is 2.13 bits per heavy atom. The second-order valence-electron chi connectivity index (χ2n) is 5.55.